The van der Waals surface area contributed by atoms with Crippen LogP contribution < -0.4 is 5.32 Å². The average molecular weight is 446 g/mol. The first-order chi connectivity index (χ1) is 15.5. The minimum atomic E-state index is -0.154. The van der Waals surface area contributed by atoms with Gasteiger partial charge >= 0.3 is 0 Å². The Balaban J connectivity index is 1.65. The average Bonchev–Trinajstić information content (AvgIpc) is 3.27. The van der Waals surface area contributed by atoms with E-state index in [-0.39, 0.29) is 18.6 Å². The molecule has 0 spiro atoms. The summed E-state index contributed by atoms with van der Waals surface area (Å²) in [5, 5.41) is 12.5. The second kappa shape index (κ2) is 10.0. The highest BCUT2D eigenvalue weighted by Crippen LogP contribution is 2.27. The first kappa shape index (κ1) is 22.1. The number of carbonyl (C=O) groups excluding carboxylic acids is 1. The molecule has 1 amide bonds. The lowest BCUT2D eigenvalue weighted by molar-refractivity contribution is 0.102. The van der Waals surface area contributed by atoms with Gasteiger partial charge in [-0.15, -0.1) is 11.3 Å². The maximum absolute atomic E-state index is 13.1. The molecule has 5 nitrogen and oxygen atoms in total. The molecule has 0 aliphatic rings. The molecule has 2 N–H and O–H groups in total. The van der Waals surface area contributed by atoms with Crippen LogP contribution in [0.5, 0.6) is 0 Å². The monoisotopic (exact) mass is 445 g/mol. The number of amides is 1. The van der Waals surface area contributed by atoms with E-state index in [0.717, 1.165) is 32.6 Å². The van der Waals surface area contributed by atoms with E-state index in [1.165, 1.54) is 0 Å². The summed E-state index contributed by atoms with van der Waals surface area (Å²) >= 11 is 1.58. The number of anilines is 1. The number of rotatable bonds is 8. The van der Waals surface area contributed by atoms with Crippen molar-refractivity contribution in [1.29, 1.82) is 0 Å². The number of aliphatic hydroxyl groups is 1. The fourth-order valence-corrected chi connectivity index (χ4v) is 4.43. The SMILES string of the molecule is CC(C)N(CCO)Cc1cc(C(=O)Nc2ccc3scnc3c2)ccc1-c1ccccc1. The first-order valence-corrected chi connectivity index (χ1v) is 11.6. The van der Waals surface area contributed by atoms with Crippen molar-refractivity contribution >= 4 is 33.1 Å². The van der Waals surface area contributed by atoms with Crippen LogP contribution in [0.15, 0.2) is 72.2 Å². The number of carbonyl (C=O) groups is 1. The molecule has 0 atom stereocenters. The van der Waals surface area contributed by atoms with E-state index in [9.17, 15) is 9.90 Å². The second-order valence-electron chi connectivity index (χ2n) is 8.01. The predicted molar refractivity (Wildman–Crippen MR) is 132 cm³/mol. The minimum absolute atomic E-state index is 0.0954. The summed E-state index contributed by atoms with van der Waals surface area (Å²) in [5.41, 5.74) is 7.27. The van der Waals surface area contributed by atoms with Gasteiger partial charge in [0, 0.05) is 30.4 Å². The lowest BCUT2D eigenvalue weighted by atomic mass is 9.96. The van der Waals surface area contributed by atoms with E-state index < -0.39 is 0 Å². The fourth-order valence-electron chi connectivity index (χ4n) is 3.77. The van der Waals surface area contributed by atoms with Gasteiger partial charge in [-0.3, -0.25) is 9.69 Å². The Morgan fingerprint density at radius 2 is 1.91 bits per heavy atom. The molecular formula is C26H27N3O2S. The molecule has 6 heteroatoms. The standard InChI is InChI=1S/C26H27N3O2S/c1-18(2)29(12-13-30)16-21-14-20(8-10-23(21)19-6-4-3-5-7-19)26(31)28-22-9-11-25-24(15-22)27-17-32-25/h3-11,14-15,17-18,30H,12-13,16H2,1-2H3,(H,28,31). The van der Waals surface area contributed by atoms with Crippen LogP contribution in [-0.4, -0.2) is 40.1 Å². The summed E-state index contributed by atoms with van der Waals surface area (Å²) in [4.78, 5) is 19.6. The molecule has 0 unspecified atom stereocenters. The van der Waals surface area contributed by atoms with Crippen LogP contribution in [0.1, 0.15) is 29.8 Å². The molecule has 0 fully saturated rings. The Bertz CT molecular complexity index is 1200. The number of thiazole rings is 1. The third-order valence-corrected chi connectivity index (χ3v) is 6.34. The first-order valence-electron chi connectivity index (χ1n) is 10.7. The summed E-state index contributed by atoms with van der Waals surface area (Å²) < 4.78 is 1.09. The Morgan fingerprint density at radius 1 is 1.09 bits per heavy atom. The van der Waals surface area contributed by atoms with Gasteiger partial charge in [0.1, 0.15) is 0 Å². The van der Waals surface area contributed by atoms with E-state index in [4.69, 9.17) is 0 Å². The van der Waals surface area contributed by atoms with Crippen molar-refractivity contribution in [3.05, 3.63) is 83.4 Å². The fraction of sp³-hybridized carbons (Fsp3) is 0.231. The van der Waals surface area contributed by atoms with E-state index in [1.807, 2.05) is 54.6 Å². The third kappa shape index (κ3) is 5.05. The molecule has 0 aliphatic heterocycles. The maximum atomic E-state index is 13.1. The van der Waals surface area contributed by atoms with E-state index in [2.05, 4.69) is 41.2 Å². The number of benzene rings is 3. The smallest absolute Gasteiger partial charge is 0.255 e. The van der Waals surface area contributed by atoms with Gasteiger partial charge in [-0.2, -0.15) is 0 Å². The molecule has 4 aromatic rings. The van der Waals surface area contributed by atoms with Gasteiger partial charge in [-0.05, 0) is 60.9 Å². The Kier molecular flexibility index (Phi) is 6.95. The summed E-state index contributed by atoms with van der Waals surface area (Å²) in [6, 6.07) is 22.1. The number of aromatic nitrogens is 1. The zero-order valence-electron chi connectivity index (χ0n) is 18.3. The summed E-state index contributed by atoms with van der Waals surface area (Å²) in [6.45, 7) is 5.55. The van der Waals surface area contributed by atoms with Gasteiger partial charge < -0.3 is 10.4 Å². The molecule has 4 rings (SSSR count). The molecule has 1 aromatic heterocycles. The summed E-state index contributed by atoms with van der Waals surface area (Å²) in [6.07, 6.45) is 0. The molecule has 1 heterocycles. The molecule has 0 saturated carbocycles. The molecule has 0 bridgehead atoms. The van der Waals surface area contributed by atoms with Crippen LogP contribution in [0.4, 0.5) is 5.69 Å². The van der Waals surface area contributed by atoms with Crippen LogP contribution in [0.25, 0.3) is 21.3 Å². The quantitative estimate of drug-likeness (QED) is 0.380. The minimum Gasteiger partial charge on any atom is -0.395 e. The van der Waals surface area contributed by atoms with Crippen molar-refractivity contribution in [1.82, 2.24) is 9.88 Å². The topological polar surface area (TPSA) is 65.5 Å². The van der Waals surface area contributed by atoms with Crippen molar-refractivity contribution in [3.8, 4) is 11.1 Å². The van der Waals surface area contributed by atoms with Gasteiger partial charge in [0.25, 0.3) is 5.91 Å². The van der Waals surface area contributed by atoms with Gasteiger partial charge in [0.2, 0.25) is 0 Å². The Morgan fingerprint density at radius 3 is 2.66 bits per heavy atom. The molecule has 32 heavy (non-hydrogen) atoms. The predicted octanol–water partition coefficient (Wildman–Crippen LogP) is 5.42. The van der Waals surface area contributed by atoms with E-state index >= 15 is 0 Å². The molecule has 0 saturated heterocycles. The normalized spacial score (nSPS) is 11.4. The highest BCUT2D eigenvalue weighted by Gasteiger charge is 2.16. The van der Waals surface area contributed by atoms with Crippen molar-refractivity contribution in [3.63, 3.8) is 0 Å². The molecular weight excluding hydrogens is 418 g/mol. The van der Waals surface area contributed by atoms with Gasteiger partial charge in [-0.25, -0.2) is 4.98 Å². The summed E-state index contributed by atoms with van der Waals surface area (Å²) in [5.74, 6) is -0.154. The van der Waals surface area contributed by atoms with E-state index in [0.29, 0.717) is 18.7 Å². The molecule has 3 aromatic carbocycles. The second-order valence-corrected chi connectivity index (χ2v) is 8.90. The molecule has 164 valence electrons. The number of nitrogens with zero attached hydrogens (tertiary/aromatic N) is 2. The van der Waals surface area contributed by atoms with Crippen molar-refractivity contribution in [2.45, 2.75) is 26.4 Å². The van der Waals surface area contributed by atoms with Crippen molar-refractivity contribution < 1.29 is 9.90 Å². The van der Waals surface area contributed by atoms with E-state index in [1.54, 1.807) is 16.8 Å². The van der Waals surface area contributed by atoms with Crippen LogP contribution in [-0.2, 0) is 6.54 Å². The lowest BCUT2D eigenvalue weighted by Crippen LogP contribution is -2.33. The third-order valence-electron chi connectivity index (χ3n) is 5.53. The highest BCUT2D eigenvalue weighted by atomic mass is 32.1. The number of nitrogens with one attached hydrogen (secondary N) is 1. The lowest BCUT2D eigenvalue weighted by Gasteiger charge is -2.27. The zero-order valence-corrected chi connectivity index (χ0v) is 19.1. The van der Waals surface area contributed by atoms with Gasteiger partial charge in [-0.1, -0.05) is 36.4 Å². The van der Waals surface area contributed by atoms with Gasteiger partial charge in [0.15, 0.2) is 0 Å². The Labute approximate surface area is 192 Å². The van der Waals surface area contributed by atoms with Gasteiger partial charge in [0.05, 0.1) is 22.3 Å². The highest BCUT2D eigenvalue weighted by molar-refractivity contribution is 7.16. The van der Waals surface area contributed by atoms with Crippen LogP contribution >= 0.6 is 11.3 Å². The summed E-state index contributed by atoms with van der Waals surface area (Å²) in [7, 11) is 0. The number of aliphatic hydroxyl groups excluding tert-OH is 1. The molecule has 0 radical (unpaired) electrons. The van der Waals surface area contributed by atoms with Crippen molar-refractivity contribution in [2.75, 3.05) is 18.5 Å². The molecule has 0 aliphatic carbocycles. The largest absolute Gasteiger partial charge is 0.395 e. The van der Waals surface area contributed by atoms with Crippen LogP contribution in [0.2, 0.25) is 0 Å². The number of hydrogen-bond acceptors (Lipinski definition) is 5. The number of fused-ring (bicyclic) bond motifs is 1. The maximum Gasteiger partial charge on any atom is 0.255 e. The zero-order chi connectivity index (χ0) is 22.5. The van der Waals surface area contributed by atoms with Crippen LogP contribution in [0, 0.1) is 0 Å². The van der Waals surface area contributed by atoms with Crippen molar-refractivity contribution in [2.24, 2.45) is 0 Å². The Hall–Kier alpha value is -3.06. The number of hydrogen-bond donors (Lipinski definition) is 2. The van der Waals surface area contributed by atoms with Crippen LogP contribution in [0.3, 0.4) is 0 Å².